The third-order valence-electron chi connectivity index (χ3n) is 6.17. The van der Waals surface area contributed by atoms with E-state index in [1.165, 1.54) is 0 Å². The highest BCUT2D eigenvalue weighted by Crippen LogP contribution is 2.45. The van der Waals surface area contributed by atoms with Gasteiger partial charge in [-0.3, -0.25) is 0 Å². The van der Waals surface area contributed by atoms with Crippen LogP contribution in [0, 0.1) is 0 Å². The SMILES string of the molecule is OC(Cc1ccccc1)[C@H]1OC(O)[C@](O)(Cc2ccccc2)[C@@]1(O)Cc1ccccc1. The van der Waals surface area contributed by atoms with Crippen molar-refractivity contribution in [2.24, 2.45) is 0 Å². The van der Waals surface area contributed by atoms with Crippen molar-refractivity contribution in [2.75, 3.05) is 0 Å². The standard InChI is InChI=1S/C26H28O5/c27-22(16-19-10-4-1-5-11-19)23-25(29,17-20-12-6-2-7-13-20)26(30,24(28)31-23)18-21-14-8-3-9-15-21/h1-15,22-24,27-30H,16-18H2/t22?,23-,24?,25-,26-/m1/s1. The van der Waals surface area contributed by atoms with Crippen LogP contribution in [-0.2, 0) is 24.0 Å². The second-order valence-electron chi connectivity index (χ2n) is 8.34. The summed E-state index contributed by atoms with van der Waals surface area (Å²) in [6, 6.07) is 27.8. The number of aliphatic hydroxyl groups excluding tert-OH is 2. The van der Waals surface area contributed by atoms with E-state index < -0.39 is 29.7 Å². The summed E-state index contributed by atoms with van der Waals surface area (Å²) in [5, 5.41) is 45.3. The Balaban J connectivity index is 1.69. The minimum atomic E-state index is -2.01. The highest BCUT2D eigenvalue weighted by atomic mass is 16.7. The van der Waals surface area contributed by atoms with Crippen LogP contribution in [0.15, 0.2) is 91.0 Å². The summed E-state index contributed by atoms with van der Waals surface area (Å²) < 4.78 is 5.68. The average molecular weight is 421 g/mol. The van der Waals surface area contributed by atoms with Gasteiger partial charge in [-0.15, -0.1) is 0 Å². The summed E-state index contributed by atoms with van der Waals surface area (Å²) in [7, 11) is 0. The molecule has 0 aliphatic carbocycles. The third-order valence-corrected chi connectivity index (χ3v) is 6.17. The fourth-order valence-corrected chi connectivity index (χ4v) is 4.50. The molecular formula is C26H28O5. The van der Waals surface area contributed by atoms with Crippen molar-refractivity contribution in [3.63, 3.8) is 0 Å². The van der Waals surface area contributed by atoms with Crippen molar-refractivity contribution >= 4 is 0 Å². The van der Waals surface area contributed by atoms with Gasteiger partial charge in [0.25, 0.3) is 0 Å². The van der Waals surface area contributed by atoms with Gasteiger partial charge in [-0.2, -0.15) is 0 Å². The number of benzene rings is 3. The first-order valence-corrected chi connectivity index (χ1v) is 10.5. The van der Waals surface area contributed by atoms with Crippen LogP contribution in [0.5, 0.6) is 0 Å². The first kappa shape index (κ1) is 21.7. The largest absolute Gasteiger partial charge is 0.390 e. The second-order valence-corrected chi connectivity index (χ2v) is 8.34. The number of rotatable bonds is 7. The summed E-state index contributed by atoms with van der Waals surface area (Å²) >= 11 is 0. The second kappa shape index (κ2) is 8.91. The van der Waals surface area contributed by atoms with Crippen LogP contribution in [0.25, 0.3) is 0 Å². The molecule has 5 nitrogen and oxygen atoms in total. The maximum absolute atomic E-state index is 11.9. The molecule has 31 heavy (non-hydrogen) atoms. The van der Waals surface area contributed by atoms with E-state index in [-0.39, 0.29) is 19.3 Å². The van der Waals surface area contributed by atoms with E-state index in [2.05, 4.69) is 0 Å². The molecule has 4 rings (SSSR count). The molecule has 0 radical (unpaired) electrons. The molecule has 1 heterocycles. The average Bonchev–Trinajstić information content (AvgIpc) is 2.96. The molecule has 162 valence electrons. The van der Waals surface area contributed by atoms with E-state index in [4.69, 9.17) is 4.74 Å². The maximum atomic E-state index is 11.9. The molecule has 1 fully saturated rings. The van der Waals surface area contributed by atoms with Crippen LogP contribution in [0.3, 0.4) is 0 Å². The monoisotopic (exact) mass is 420 g/mol. The van der Waals surface area contributed by atoms with Gasteiger partial charge in [-0.25, -0.2) is 0 Å². The van der Waals surface area contributed by atoms with Crippen LogP contribution >= 0.6 is 0 Å². The Morgan fingerprint density at radius 3 is 1.58 bits per heavy atom. The normalized spacial score (nSPS) is 29.0. The molecule has 3 aromatic carbocycles. The molecule has 3 aromatic rings. The van der Waals surface area contributed by atoms with Crippen LogP contribution in [-0.4, -0.2) is 50.1 Å². The van der Waals surface area contributed by atoms with Gasteiger partial charge in [0, 0.05) is 19.3 Å². The maximum Gasteiger partial charge on any atom is 0.187 e. The van der Waals surface area contributed by atoms with Crippen molar-refractivity contribution in [1.29, 1.82) is 0 Å². The fraction of sp³-hybridized carbons (Fsp3) is 0.308. The molecule has 0 spiro atoms. The summed E-state index contributed by atoms with van der Waals surface area (Å²) in [5.41, 5.74) is -1.54. The zero-order valence-electron chi connectivity index (χ0n) is 17.2. The lowest BCUT2D eigenvalue weighted by Gasteiger charge is -2.41. The van der Waals surface area contributed by atoms with Gasteiger partial charge in [-0.1, -0.05) is 91.0 Å². The van der Waals surface area contributed by atoms with Crippen LogP contribution in [0.2, 0.25) is 0 Å². The molecule has 4 N–H and O–H groups in total. The highest BCUT2D eigenvalue weighted by molar-refractivity contribution is 5.28. The number of ether oxygens (including phenoxy) is 1. The third kappa shape index (κ3) is 4.28. The zero-order chi connectivity index (χ0) is 21.9. The van der Waals surface area contributed by atoms with E-state index in [0.29, 0.717) is 0 Å². The Morgan fingerprint density at radius 2 is 1.10 bits per heavy atom. The Kier molecular flexibility index (Phi) is 6.23. The van der Waals surface area contributed by atoms with Crippen molar-refractivity contribution in [3.8, 4) is 0 Å². The molecule has 0 saturated carbocycles. The first-order valence-electron chi connectivity index (χ1n) is 10.5. The van der Waals surface area contributed by atoms with Gasteiger partial charge in [0.2, 0.25) is 0 Å². The lowest BCUT2D eigenvalue weighted by molar-refractivity contribution is -0.192. The van der Waals surface area contributed by atoms with Crippen LogP contribution < -0.4 is 0 Å². The smallest absolute Gasteiger partial charge is 0.187 e. The Hall–Kier alpha value is -2.54. The predicted octanol–water partition coefficient (Wildman–Crippen LogP) is 2.25. The molecule has 1 saturated heterocycles. The van der Waals surface area contributed by atoms with Crippen molar-refractivity contribution < 1.29 is 25.2 Å². The minimum Gasteiger partial charge on any atom is -0.390 e. The Morgan fingerprint density at radius 1 is 0.677 bits per heavy atom. The summed E-state index contributed by atoms with van der Waals surface area (Å²) in [6.45, 7) is 0. The highest BCUT2D eigenvalue weighted by Gasteiger charge is 2.66. The molecule has 0 bridgehead atoms. The van der Waals surface area contributed by atoms with Gasteiger partial charge in [0.15, 0.2) is 11.9 Å². The van der Waals surface area contributed by atoms with Crippen molar-refractivity contribution in [3.05, 3.63) is 108 Å². The Bertz CT molecular complexity index is 965. The van der Waals surface area contributed by atoms with Crippen LogP contribution in [0.1, 0.15) is 16.7 Å². The summed E-state index contributed by atoms with van der Waals surface area (Å²) in [4.78, 5) is 0. The van der Waals surface area contributed by atoms with Gasteiger partial charge in [-0.05, 0) is 16.7 Å². The van der Waals surface area contributed by atoms with E-state index in [1.807, 2.05) is 91.0 Å². The molecule has 0 aromatic heterocycles. The number of hydrogen-bond donors (Lipinski definition) is 4. The molecule has 5 heteroatoms. The van der Waals surface area contributed by atoms with Gasteiger partial charge in [0.1, 0.15) is 11.7 Å². The van der Waals surface area contributed by atoms with E-state index in [9.17, 15) is 20.4 Å². The molecule has 2 unspecified atom stereocenters. The quantitative estimate of drug-likeness (QED) is 0.471. The minimum absolute atomic E-state index is 0.0186. The summed E-state index contributed by atoms with van der Waals surface area (Å²) in [5.74, 6) is 0. The van der Waals surface area contributed by atoms with E-state index in [0.717, 1.165) is 16.7 Å². The first-order chi connectivity index (χ1) is 14.9. The van der Waals surface area contributed by atoms with Gasteiger partial charge < -0.3 is 25.2 Å². The van der Waals surface area contributed by atoms with E-state index >= 15 is 0 Å². The predicted molar refractivity (Wildman–Crippen MR) is 117 cm³/mol. The molecule has 1 aliphatic rings. The zero-order valence-corrected chi connectivity index (χ0v) is 17.2. The molecular weight excluding hydrogens is 392 g/mol. The number of aliphatic hydroxyl groups is 4. The van der Waals surface area contributed by atoms with Crippen molar-refractivity contribution in [1.82, 2.24) is 0 Å². The Labute approximate surface area is 182 Å². The molecule has 1 aliphatic heterocycles. The molecule has 5 atom stereocenters. The summed E-state index contributed by atoms with van der Waals surface area (Å²) in [6.07, 6.45) is -3.75. The fourth-order valence-electron chi connectivity index (χ4n) is 4.50. The molecule has 0 amide bonds. The van der Waals surface area contributed by atoms with Gasteiger partial charge in [0.05, 0.1) is 6.10 Å². The van der Waals surface area contributed by atoms with Gasteiger partial charge >= 0.3 is 0 Å². The number of hydrogen-bond acceptors (Lipinski definition) is 5. The topological polar surface area (TPSA) is 90.2 Å². The van der Waals surface area contributed by atoms with Crippen molar-refractivity contribution in [2.45, 2.75) is 49.0 Å². The lowest BCUT2D eigenvalue weighted by Crippen LogP contribution is -2.63. The lowest BCUT2D eigenvalue weighted by atomic mass is 9.71. The van der Waals surface area contributed by atoms with Crippen LogP contribution in [0.4, 0.5) is 0 Å². The van der Waals surface area contributed by atoms with E-state index in [1.54, 1.807) is 0 Å².